The van der Waals surface area contributed by atoms with Gasteiger partial charge in [0, 0.05) is 5.92 Å². The van der Waals surface area contributed by atoms with Gasteiger partial charge in [0.05, 0.1) is 11.7 Å². The van der Waals surface area contributed by atoms with Crippen molar-refractivity contribution in [2.45, 2.75) is 59.2 Å². The highest BCUT2D eigenvalue weighted by Gasteiger charge is 2.49. The van der Waals surface area contributed by atoms with Gasteiger partial charge in [-0.1, -0.05) is 17.7 Å². The summed E-state index contributed by atoms with van der Waals surface area (Å²) in [6, 6.07) is 0. The average molecular weight is 220 g/mol. The van der Waals surface area contributed by atoms with Gasteiger partial charge in [0.1, 0.15) is 0 Å². The van der Waals surface area contributed by atoms with Crippen LogP contribution in [-0.4, -0.2) is 11.7 Å². The van der Waals surface area contributed by atoms with E-state index in [9.17, 15) is 0 Å². The second-order valence-electron chi connectivity index (χ2n) is 5.91. The van der Waals surface area contributed by atoms with Crippen molar-refractivity contribution in [3.05, 3.63) is 23.3 Å². The summed E-state index contributed by atoms with van der Waals surface area (Å²) in [6.07, 6.45) is 7.49. The SMILES string of the molecule is C/C=C(\C)[C@@H]1OC(C)(C)[C@@H]2CCC(C)=C[C@H]21. The molecule has 1 heterocycles. The molecule has 1 aliphatic carbocycles. The van der Waals surface area contributed by atoms with Crippen LogP contribution in [0.3, 0.4) is 0 Å². The smallest absolute Gasteiger partial charge is 0.0855 e. The van der Waals surface area contributed by atoms with Gasteiger partial charge in [0.15, 0.2) is 0 Å². The normalized spacial score (nSPS) is 38.2. The average Bonchev–Trinajstić information content (AvgIpc) is 2.49. The summed E-state index contributed by atoms with van der Waals surface area (Å²) in [4.78, 5) is 0. The van der Waals surface area contributed by atoms with Crippen LogP contribution in [-0.2, 0) is 4.74 Å². The Morgan fingerprint density at radius 3 is 2.81 bits per heavy atom. The van der Waals surface area contributed by atoms with Crippen LogP contribution in [0.1, 0.15) is 47.5 Å². The van der Waals surface area contributed by atoms with Gasteiger partial charge in [0.2, 0.25) is 0 Å². The van der Waals surface area contributed by atoms with Crippen LogP contribution in [0, 0.1) is 11.8 Å². The molecule has 1 aliphatic heterocycles. The van der Waals surface area contributed by atoms with Crippen molar-refractivity contribution in [2.75, 3.05) is 0 Å². The molecule has 90 valence electrons. The Labute approximate surface area is 99.6 Å². The number of hydrogen-bond acceptors (Lipinski definition) is 1. The third kappa shape index (κ3) is 1.86. The highest BCUT2D eigenvalue weighted by atomic mass is 16.5. The molecule has 2 rings (SSSR count). The van der Waals surface area contributed by atoms with Crippen molar-refractivity contribution >= 4 is 0 Å². The fourth-order valence-electron chi connectivity index (χ4n) is 3.27. The third-order valence-corrected chi connectivity index (χ3v) is 4.37. The van der Waals surface area contributed by atoms with Crippen LogP contribution in [0.15, 0.2) is 23.3 Å². The lowest BCUT2D eigenvalue weighted by atomic mass is 9.73. The number of hydrogen-bond donors (Lipinski definition) is 0. The van der Waals surface area contributed by atoms with Crippen LogP contribution < -0.4 is 0 Å². The van der Waals surface area contributed by atoms with Crippen LogP contribution >= 0.6 is 0 Å². The molecule has 1 heteroatoms. The van der Waals surface area contributed by atoms with E-state index in [1.165, 1.54) is 24.0 Å². The van der Waals surface area contributed by atoms with E-state index < -0.39 is 0 Å². The number of rotatable bonds is 1. The van der Waals surface area contributed by atoms with E-state index in [1.807, 2.05) is 0 Å². The van der Waals surface area contributed by atoms with E-state index in [0.717, 1.165) is 0 Å². The molecular weight excluding hydrogens is 196 g/mol. The predicted octanol–water partition coefficient (Wildman–Crippen LogP) is 4.10. The van der Waals surface area contributed by atoms with E-state index in [1.54, 1.807) is 0 Å². The minimum absolute atomic E-state index is 0.0385. The van der Waals surface area contributed by atoms with Crippen molar-refractivity contribution < 1.29 is 4.74 Å². The molecule has 0 aromatic heterocycles. The molecule has 0 aromatic rings. The highest BCUT2D eigenvalue weighted by molar-refractivity contribution is 5.21. The molecule has 3 atom stereocenters. The van der Waals surface area contributed by atoms with Gasteiger partial charge < -0.3 is 4.74 Å². The zero-order valence-corrected chi connectivity index (χ0v) is 11.2. The zero-order chi connectivity index (χ0) is 11.9. The highest BCUT2D eigenvalue weighted by Crippen LogP contribution is 2.48. The lowest BCUT2D eigenvalue weighted by Crippen LogP contribution is -2.30. The number of allylic oxidation sites excluding steroid dienone is 2. The van der Waals surface area contributed by atoms with Gasteiger partial charge in [-0.25, -0.2) is 0 Å². The van der Waals surface area contributed by atoms with Gasteiger partial charge in [0.25, 0.3) is 0 Å². The van der Waals surface area contributed by atoms with Crippen molar-refractivity contribution in [2.24, 2.45) is 11.8 Å². The maximum atomic E-state index is 6.28. The van der Waals surface area contributed by atoms with E-state index in [-0.39, 0.29) is 5.60 Å². The largest absolute Gasteiger partial charge is 0.367 e. The molecule has 0 aromatic carbocycles. The second kappa shape index (κ2) is 4.03. The Bertz CT molecular complexity index is 335. The van der Waals surface area contributed by atoms with Crippen LogP contribution in [0.2, 0.25) is 0 Å². The molecule has 2 aliphatic rings. The summed E-state index contributed by atoms with van der Waals surface area (Å²) in [5.41, 5.74) is 2.96. The minimum atomic E-state index is 0.0385. The standard InChI is InChI=1S/C15H24O/c1-6-11(3)14-12-9-10(2)7-8-13(12)15(4,5)16-14/h6,9,12-14H,7-8H2,1-5H3/b11-6+/t12-,13-,14+/m1/s1. The van der Waals surface area contributed by atoms with E-state index in [4.69, 9.17) is 4.74 Å². The molecule has 1 saturated heterocycles. The molecule has 0 saturated carbocycles. The first-order valence-corrected chi connectivity index (χ1v) is 6.43. The minimum Gasteiger partial charge on any atom is -0.367 e. The van der Waals surface area contributed by atoms with Gasteiger partial charge in [-0.15, -0.1) is 0 Å². The molecule has 16 heavy (non-hydrogen) atoms. The Hall–Kier alpha value is -0.560. The second-order valence-corrected chi connectivity index (χ2v) is 5.91. The van der Waals surface area contributed by atoms with Gasteiger partial charge in [-0.05, 0) is 59.0 Å². The van der Waals surface area contributed by atoms with E-state index in [2.05, 4.69) is 46.8 Å². The first kappa shape index (κ1) is 11.9. The summed E-state index contributed by atoms with van der Waals surface area (Å²) >= 11 is 0. The van der Waals surface area contributed by atoms with Crippen molar-refractivity contribution in [3.8, 4) is 0 Å². The van der Waals surface area contributed by atoms with Crippen LogP contribution in [0.5, 0.6) is 0 Å². The molecule has 0 bridgehead atoms. The molecule has 1 fully saturated rings. The van der Waals surface area contributed by atoms with Gasteiger partial charge >= 0.3 is 0 Å². The summed E-state index contributed by atoms with van der Waals surface area (Å²) in [5, 5.41) is 0. The molecule has 0 spiro atoms. The third-order valence-electron chi connectivity index (χ3n) is 4.37. The predicted molar refractivity (Wildman–Crippen MR) is 68.4 cm³/mol. The maximum Gasteiger partial charge on any atom is 0.0855 e. The summed E-state index contributed by atoms with van der Waals surface area (Å²) < 4.78 is 6.28. The zero-order valence-electron chi connectivity index (χ0n) is 11.2. The summed E-state index contributed by atoms with van der Waals surface area (Å²) in [5.74, 6) is 1.29. The monoisotopic (exact) mass is 220 g/mol. The fourth-order valence-corrected chi connectivity index (χ4v) is 3.27. The molecule has 0 unspecified atom stereocenters. The number of ether oxygens (including phenoxy) is 1. The Morgan fingerprint density at radius 1 is 1.50 bits per heavy atom. The van der Waals surface area contributed by atoms with E-state index in [0.29, 0.717) is 17.9 Å². The number of fused-ring (bicyclic) bond motifs is 1. The van der Waals surface area contributed by atoms with Gasteiger partial charge in [-0.2, -0.15) is 0 Å². The summed E-state index contributed by atoms with van der Waals surface area (Å²) in [6.45, 7) is 11.1. The quantitative estimate of drug-likeness (QED) is 0.604. The lowest BCUT2D eigenvalue weighted by molar-refractivity contribution is -0.0198. The van der Waals surface area contributed by atoms with Crippen LogP contribution in [0.4, 0.5) is 0 Å². The molecule has 0 radical (unpaired) electrons. The van der Waals surface area contributed by atoms with Crippen molar-refractivity contribution in [1.82, 2.24) is 0 Å². The van der Waals surface area contributed by atoms with E-state index >= 15 is 0 Å². The van der Waals surface area contributed by atoms with Gasteiger partial charge in [-0.3, -0.25) is 0 Å². The Morgan fingerprint density at radius 2 is 2.19 bits per heavy atom. The lowest BCUT2D eigenvalue weighted by Gasteiger charge is -2.30. The molecule has 1 nitrogen and oxygen atoms in total. The Kier molecular flexibility index (Phi) is 3.00. The van der Waals surface area contributed by atoms with Crippen molar-refractivity contribution in [1.29, 1.82) is 0 Å². The van der Waals surface area contributed by atoms with Crippen molar-refractivity contribution in [3.63, 3.8) is 0 Å². The first-order valence-electron chi connectivity index (χ1n) is 6.43. The van der Waals surface area contributed by atoms with Crippen LogP contribution in [0.25, 0.3) is 0 Å². The topological polar surface area (TPSA) is 9.23 Å². The summed E-state index contributed by atoms with van der Waals surface area (Å²) in [7, 11) is 0. The first-order chi connectivity index (χ1) is 7.45. The maximum absolute atomic E-state index is 6.28. The molecule has 0 amide bonds. The molecular formula is C15H24O. The fraction of sp³-hybridized carbons (Fsp3) is 0.733. The Balaban J connectivity index is 2.33. The molecule has 0 N–H and O–H groups in total.